The summed E-state index contributed by atoms with van der Waals surface area (Å²) in [4.78, 5) is 13.7. The second kappa shape index (κ2) is 6.80. The number of carbonyl (C=O) groups excluding carboxylic acids is 1. The van der Waals surface area contributed by atoms with E-state index in [2.05, 4.69) is 0 Å². The van der Waals surface area contributed by atoms with Crippen LogP contribution in [0.3, 0.4) is 0 Å². The lowest BCUT2D eigenvalue weighted by Crippen LogP contribution is -2.49. The number of hydrogen-bond acceptors (Lipinski definition) is 2. The number of halogens is 4. The van der Waals surface area contributed by atoms with Crippen LogP contribution in [0.15, 0.2) is 24.3 Å². The molecule has 2 aliphatic rings. The van der Waals surface area contributed by atoms with E-state index in [0.717, 1.165) is 5.56 Å². The predicted molar refractivity (Wildman–Crippen MR) is 90.2 cm³/mol. The van der Waals surface area contributed by atoms with Gasteiger partial charge in [0.15, 0.2) is 0 Å². The zero-order valence-electron chi connectivity index (χ0n) is 13.9. The summed E-state index contributed by atoms with van der Waals surface area (Å²) in [5, 5.41) is 0.659. The molecule has 2 N–H and O–H groups in total. The van der Waals surface area contributed by atoms with E-state index in [-0.39, 0.29) is 24.8 Å². The summed E-state index contributed by atoms with van der Waals surface area (Å²) in [6.45, 7) is 0.704. The van der Waals surface area contributed by atoms with E-state index in [1.807, 2.05) is 18.2 Å². The Hall–Kier alpha value is -1.27. The van der Waals surface area contributed by atoms with Crippen molar-refractivity contribution in [3.8, 4) is 0 Å². The molecular weight excluding hydrogens is 353 g/mol. The Morgan fingerprint density at radius 3 is 2.48 bits per heavy atom. The number of piperidine rings is 1. The smallest absolute Gasteiger partial charge is 0.342 e. The average molecular weight is 375 g/mol. The monoisotopic (exact) mass is 374 g/mol. The Morgan fingerprint density at radius 2 is 1.96 bits per heavy atom. The summed E-state index contributed by atoms with van der Waals surface area (Å²) < 4.78 is 39.3. The highest BCUT2D eigenvalue weighted by Gasteiger charge is 2.69. The minimum atomic E-state index is -4.44. The van der Waals surface area contributed by atoms with Crippen LogP contribution in [0.2, 0.25) is 5.02 Å². The number of likely N-dealkylation sites (tertiary alicyclic amines) is 1. The lowest BCUT2D eigenvalue weighted by atomic mass is 9.86. The molecule has 3 rings (SSSR count). The molecule has 1 unspecified atom stereocenters. The molecule has 0 bridgehead atoms. The summed E-state index contributed by atoms with van der Waals surface area (Å²) in [6.07, 6.45) is -2.65. The quantitative estimate of drug-likeness (QED) is 0.871. The topological polar surface area (TPSA) is 46.3 Å². The van der Waals surface area contributed by atoms with Crippen LogP contribution in [-0.4, -0.2) is 36.1 Å². The largest absolute Gasteiger partial charge is 0.403 e. The van der Waals surface area contributed by atoms with Crippen LogP contribution in [-0.2, 0) is 11.2 Å². The third-order valence-corrected chi connectivity index (χ3v) is 5.73. The van der Waals surface area contributed by atoms with Gasteiger partial charge in [-0.25, -0.2) is 0 Å². The van der Waals surface area contributed by atoms with Crippen LogP contribution in [0.4, 0.5) is 13.2 Å². The lowest BCUT2D eigenvalue weighted by molar-refractivity contribution is -0.199. The van der Waals surface area contributed by atoms with Gasteiger partial charge in [0.25, 0.3) is 0 Å². The third kappa shape index (κ3) is 3.80. The number of rotatable bonds is 4. The molecule has 0 radical (unpaired) electrons. The molecule has 25 heavy (non-hydrogen) atoms. The van der Waals surface area contributed by atoms with Crippen LogP contribution in [0.5, 0.6) is 0 Å². The Bertz CT molecular complexity index is 637. The zero-order chi connectivity index (χ0) is 18.2. The van der Waals surface area contributed by atoms with Gasteiger partial charge in [-0.15, -0.1) is 0 Å². The summed E-state index contributed by atoms with van der Waals surface area (Å²) >= 11 is 5.98. The second-order valence-electron chi connectivity index (χ2n) is 7.21. The molecule has 7 heteroatoms. The molecule has 0 aromatic heterocycles. The first kappa shape index (κ1) is 18.5. The van der Waals surface area contributed by atoms with Crippen molar-refractivity contribution in [3.05, 3.63) is 34.9 Å². The first-order chi connectivity index (χ1) is 11.7. The Balaban J connectivity index is 1.54. The highest BCUT2D eigenvalue weighted by molar-refractivity contribution is 6.30. The van der Waals surface area contributed by atoms with E-state index >= 15 is 0 Å². The van der Waals surface area contributed by atoms with Gasteiger partial charge in [-0.05, 0) is 55.7 Å². The Morgan fingerprint density at radius 1 is 1.32 bits per heavy atom. The number of benzene rings is 1. The molecule has 1 heterocycles. The molecule has 1 aliphatic heterocycles. The van der Waals surface area contributed by atoms with E-state index in [9.17, 15) is 18.0 Å². The molecule has 1 atom stereocenters. The van der Waals surface area contributed by atoms with E-state index in [1.54, 1.807) is 6.07 Å². The van der Waals surface area contributed by atoms with Gasteiger partial charge >= 0.3 is 6.18 Å². The number of alkyl halides is 3. The molecule has 1 amide bonds. The van der Waals surface area contributed by atoms with Crippen LogP contribution >= 0.6 is 11.6 Å². The van der Waals surface area contributed by atoms with Gasteiger partial charge < -0.3 is 10.6 Å². The van der Waals surface area contributed by atoms with Gasteiger partial charge in [-0.2, -0.15) is 13.2 Å². The van der Waals surface area contributed by atoms with E-state index in [1.165, 1.54) is 4.90 Å². The maximum Gasteiger partial charge on any atom is 0.403 e. The fourth-order valence-electron chi connectivity index (χ4n) is 3.68. The van der Waals surface area contributed by atoms with Crippen LogP contribution < -0.4 is 5.73 Å². The normalized spacial score (nSPS) is 21.9. The van der Waals surface area contributed by atoms with E-state index < -0.39 is 17.5 Å². The fourth-order valence-corrected chi connectivity index (χ4v) is 3.89. The third-order valence-electron chi connectivity index (χ3n) is 5.49. The average Bonchev–Trinajstić information content (AvgIpc) is 3.36. The molecular formula is C18H22ClF3N2O. The van der Waals surface area contributed by atoms with Gasteiger partial charge in [-0.1, -0.05) is 23.7 Å². The molecule has 1 aromatic rings. The van der Waals surface area contributed by atoms with Crippen molar-refractivity contribution in [3.63, 3.8) is 0 Å². The van der Waals surface area contributed by atoms with Crippen LogP contribution in [0.25, 0.3) is 0 Å². The van der Waals surface area contributed by atoms with Crippen molar-refractivity contribution >= 4 is 17.5 Å². The molecule has 1 aromatic carbocycles. The van der Waals surface area contributed by atoms with Crippen molar-refractivity contribution in [2.24, 2.45) is 17.1 Å². The minimum Gasteiger partial charge on any atom is -0.342 e. The first-order valence-electron chi connectivity index (χ1n) is 8.59. The summed E-state index contributed by atoms with van der Waals surface area (Å²) in [5.74, 6) is -0.550. The van der Waals surface area contributed by atoms with Crippen molar-refractivity contribution < 1.29 is 18.0 Å². The van der Waals surface area contributed by atoms with Gasteiger partial charge in [0, 0.05) is 24.2 Å². The SMILES string of the molecule is NC(Cc1cccc(Cl)c1)C1CCN(C(=O)C2(C(F)(F)F)CC2)CC1. The Kier molecular flexibility index (Phi) is 5.04. The molecule has 1 aliphatic carbocycles. The van der Waals surface area contributed by atoms with Crippen LogP contribution in [0, 0.1) is 11.3 Å². The van der Waals surface area contributed by atoms with Crippen molar-refractivity contribution in [1.82, 2.24) is 4.90 Å². The predicted octanol–water partition coefficient (Wildman–Crippen LogP) is 3.79. The standard InChI is InChI=1S/C18H22ClF3N2O/c19-14-3-1-2-12(10-14)11-15(23)13-4-8-24(9-5-13)16(25)17(6-7-17)18(20,21)22/h1-3,10,13,15H,4-9,11,23H2. The minimum absolute atomic E-state index is 0.0798. The van der Waals surface area contributed by atoms with E-state index in [0.29, 0.717) is 37.4 Å². The molecule has 3 nitrogen and oxygen atoms in total. The lowest BCUT2D eigenvalue weighted by Gasteiger charge is -2.37. The number of hydrogen-bond donors (Lipinski definition) is 1. The molecule has 138 valence electrons. The summed E-state index contributed by atoms with van der Waals surface area (Å²) in [7, 11) is 0. The molecule has 0 spiro atoms. The van der Waals surface area contributed by atoms with Gasteiger partial charge in [-0.3, -0.25) is 4.79 Å². The Labute approximate surface area is 150 Å². The summed E-state index contributed by atoms with van der Waals surface area (Å²) in [5.41, 5.74) is 5.23. The maximum absolute atomic E-state index is 13.1. The zero-order valence-corrected chi connectivity index (χ0v) is 14.6. The molecule has 1 saturated carbocycles. The number of nitrogens with two attached hydrogens (primary N) is 1. The fraction of sp³-hybridized carbons (Fsp3) is 0.611. The number of carbonyl (C=O) groups is 1. The second-order valence-corrected chi connectivity index (χ2v) is 7.64. The van der Waals surface area contributed by atoms with Gasteiger partial charge in [0.1, 0.15) is 5.41 Å². The summed E-state index contributed by atoms with van der Waals surface area (Å²) in [6, 6.07) is 7.42. The van der Waals surface area contributed by atoms with Crippen molar-refractivity contribution in [2.75, 3.05) is 13.1 Å². The maximum atomic E-state index is 13.1. The molecule has 2 fully saturated rings. The van der Waals surface area contributed by atoms with Crippen molar-refractivity contribution in [2.45, 2.75) is 44.3 Å². The van der Waals surface area contributed by atoms with Crippen molar-refractivity contribution in [1.29, 1.82) is 0 Å². The highest BCUT2D eigenvalue weighted by Crippen LogP contribution is 2.58. The number of amides is 1. The van der Waals surface area contributed by atoms with Gasteiger partial charge in [0.2, 0.25) is 5.91 Å². The van der Waals surface area contributed by atoms with E-state index in [4.69, 9.17) is 17.3 Å². The van der Waals surface area contributed by atoms with Crippen LogP contribution in [0.1, 0.15) is 31.2 Å². The first-order valence-corrected chi connectivity index (χ1v) is 8.97. The number of nitrogens with zero attached hydrogens (tertiary/aromatic N) is 1. The van der Waals surface area contributed by atoms with Gasteiger partial charge in [0.05, 0.1) is 0 Å². The molecule has 1 saturated heterocycles. The highest BCUT2D eigenvalue weighted by atomic mass is 35.5.